The molecule has 1 saturated heterocycles. The molecule has 3 aromatic rings. The lowest BCUT2D eigenvalue weighted by molar-refractivity contribution is -0.130. The van der Waals surface area contributed by atoms with Gasteiger partial charge in [-0.3, -0.25) is 14.5 Å². The van der Waals surface area contributed by atoms with Gasteiger partial charge in [0.1, 0.15) is 16.8 Å². The van der Waals surface area contributed by atoms with Gasteiger partial charge in [-0.2, -0.15) is 0 Å². The monoisotopic (exact) mass is 562 g/mol. The van der Waals surface area contributed by atoms with E-state index in [1.807, 2.05) is 66.6 Å². The Kier molecular flexibility index (Phi) is 9.47. The molecule has 9 heteroatoms. The summed E-state index contributed by atoms with van der Waals surface area (Å²) < 4.78 is 0. The number of thiophene rings is 1. The number of nitrogens with one attached hydrogen (secondary N) is 1. The van der Waals surface area contributed by atoms with E-state index >= 15 is 0 Å². The van der Waals surface area contributed by atoms with Gasteiger partial charge in [-0.15, -0.1) is 11.3 Å². The second-order valence-corrected chi connectivity index (χ2v) is 11.7. The molecule has 1 unspecified atom stereocenters. The Morgan fingerprint density at radius 1 is 1.02 bits per heavy atom. The van der Waals surface area contributed by atoms with E-state index in [0.29, 0.717) is 48.4 Å². The molecule has 8 nitrogen and oxygen atoms in total. The summed E-state index contributed by atoms with van der Waals surface area (Å²) in [5.41, 5.74) is 3.97. The summed E-state index contributed by atoms with van der Waals surface area (Å²) in [5, 5.41) is 13.6. The minimum atomic E-state index is -0.513. The third kappa shape index (κ3) is 7.01. The number of carbonyl (C=O) groups excluding carboxylic acids is 3. The number of urea groups is 1. The Morgan fingerprint density at radius 2 is 1.68 bits per heavy atom. The van der Waals surface area contributed by atoms with Crippen LogP contribution < -0.4 is 10.2 Å². The molecule has 2 N–H and O–H groups in total. The van der Waals surface area contributed by atoms with Crippen molar-refractivity contribution in [1.82, 2.24) is 15.1 Å². The maximum atomic E-state index is 13.4. The SMILES string of the molecule is Cc1ccc(CNC(=O)N2c3ccsc3C(=O)N3CCC(=O)N(CCC(C)C)CC32)cc1.Cc1ccc(O)cc1. The molecule has 0 aliphatic carbocycles. The quantitative estimate of drug-likeness (QED) is 0.428. The molecule has 0 radical (unpaired) electrons. The van der Waals surface area contributed by atoms with Crippen molar-refractivity contribution < 1.29 is 19.5 Å². The summed E-state index contributed by atoms with van der Waals surface area (Å²) in [7, 11) is 0. The third-order valence-corrected chi connectivity index (χ3v) is 8.00. The van der Waals surface area contributed by atoms with Crippen molar-refractivity contribution >= 4 is 34.9 Å². The highest BCUT2D eigenvalue weighted by Gasteiger charge is 2.44. The maximum Gasteiger partial charge on any atom is 0.323 e. The van der Waals surface area contributed by atoms with Crippen molar-refractivity contribution in [1.29, 1.82) is 0 Å². The van der Waals surface area contributed by atoms with Crippen LogP contribution >= 0.6 is 11.3 Å². The van der Waals surface area contributed by atoms with Crippen LogP contribution in [0, 0.1) is 19.8 Å². The normalized spacial score (nSPS) is 16.6. The molecule has 0 bridgehead atoms. The number of anilines is 1. The lowest BCUT2D eigenvalue weighted by Gasteiger charge is -2.43. The first-order chi connectivity index (χ1) is 19.1. The molecule has 0 spiro atoms. The van der Waals surface area contributed by atoms with E-state index in [1.54, 1.807) is 21.9 Å². The van der Waals surface area contributed by atoms with Gasteiger partial charge in [-0.25, -0.2) is 4.79 Å². The lowest BCUT2D eigenvalue weighted by Crippen LogP contribution is -2.61. The van der Waals surface area contributed by atoms with Gasteiger partial charge in [0.25, 0.3) is 5.91 Å². The first-order valence-electron chi connectivity index (χ1n) is 13.7. The van der Waals surface area contributed by atoms with Gasteiger partial charge in [0, 0.05) is 26.1 Å². The van der Waals surface area contributed by atoms with E-state index in [2.05, 4.69) is 19.2 Å². The number of aromatic hydroxyl groups is 1. The molecular formula is C31H38N4O4S. The van der Waals surface area contributed by atoms with Crippen LogP contribution in [-0.2, 0) is 11.3 Å². The van der Waals surface area contributed by atoms with Gasteiger partial charge in [0.15, 0.2) is 0 Å². The molecule has 5 rings (SSSR count). The molecule has 2 aliphatic rings. The van der Waals surface area contributed by atoms with Crippen molar-refractivity contribution in [2.24, 2.45) is 5.92 Å². The summed E-state index contributed by atoms with van der Waals surface area (Å²) in [6.45, 7) is 9.93. The van der Waals surface area contributed by atoms with Crippen LogP contribution in [0.15, 0.2) is 60.0 Å². The summed E-state index contributed by atoms with van der Waals surface area (Å²) in [5.74, 6) is 0.737. The van der Waals surface area contributed by atoms with E-state index in [0.717, 1.165) is 17.5 Å². The van der Waals surface area contributed by atoms with Crippen LogP contribution in [0.25, 0.3) is 0 Å². The van der Waals surface area contributed by atoms with Crippen molar-refractivity contribution in [2.45, 2.75) is 53.2 Å². The predicted molar refractivity (Wildman–Crippen MR) is 159 cm³/mol. The topological polar surface area (TPSA) is 93.2 Å². The van der Waals surface area contributed by atoms with E-state index in [9.17, 15) is 14.4 Å². The number of hydrogen-bond acceptors (Lipinski definition) is 5. The van der Waals surface area contributed by atoms with E-state index in [1.165, 1.54) is 16.9 Å². The summed E-state index contributed by atoms with van der Waals surface area (Å²) in [6, 6.07) is 16.7. The summed E-state index contributed by atoms with van der Waals surface area (Å²) in [6.07, 6.45) is 0.650. The van der Waals surface area contributed by atoms with Crippen molar-refractivity contribution in [3.63, 3.8) is 0 Å². The highest BCUT2D eigenvalue weighted by molar-refractivity contribution is 7.12. The Morgan fingerprint density at radius 3 is 2.30 bits per heavy atom. The Labute approximate surface area is 240 Å². The van der Waals surface area contributed by atoms with Crippen LogP contribution in [0.5, 0.6) is 5.75 Å². The number of phenolic OH excluding ortho intramolecular Hbond substituents is 1. The molecule has 1 fully saturated rings. The van der Waals surface area contributed by atoms with Crippen LogP contribution in [0.4, 0.5) is 10.5 Å². The second kappa shape index (κ2) is 13.0. The predicted octanol–water partition coefficient (Wildman–Crippen LogP) is 5.53. The number of benzene rings is 2. The van der Waals surface area contributed by atoms with Gasteiger partial charge in [-0.05, 0) is 55.3 Å². The van der Waals surface area contributed by atoms with Gasteiger partial charge >= 0.3 is 6.03 Å². The van der Waals surface area contributed by atoms with Crippen molar-refractivity contribution in [3.8, 4) is 5.75 Å². The molecule has 212 valence electrons. The fraction of sp³-hybridized carbons (Fsp3) is 0.387. The zero-order valence-corrected chi connectivity index (χ0v) is 24.4. The Balaban J connectivity index is 0.000000398. The minimum Gasteiger partial charge on any atom is -0.508 e. The molecule has 4 amide bonds. The van der Waals surface area contributed by atoms with Gasteiger partial charge in [-0.1, -0.05) is 61.4 Å². The highest BCUT2D eigenvalue weighted by Crippen LogP contribution is 2.36. The summed E-state index contributed by atoms with van der Waals surface area (Å²) in [4.78, 5) is 45.1. The van der Waals surface area contributed by atoms with E-state index < -0.39 is 6.17 Å². The molecule has 3 heterocycles. The molecule has 40 heavy (non-hydrogen) atoms. The van der Waals surface area contributed by atoms with Crippen molar-refractivity contribution in [3.05, 3.63) is 81.5 Å². The largest absolute Gasteiger partial charge is 0.508 e. The van der Waals surface area contributed by atoms with E-state index in [4.69, 9.17) is 5.11 Å². The molecule has 1 aromatic heterocycles. The lowest BCUT2D eigenvalue weighted by atomic mass is 10.1. The number of fused-ring (bicyclic) bond motifs is 2. The summed E-state index contributed by atoms with van der Waals surface area (Å²) >= 11 is 1.34. The highest BCUT2D eigenvalue weighted by atomic mass is 32.1. The average Bonchev–Trinajstić information content (AvgIpc) is 3.35. The Bertz CT molecular complexity index is 1300. The first kappa shape index (κ1) is 29.1. The first-order valence-corrected chi connectivity index (χ1v) is 14.6. The number of amides is 4. The number of hydrogen-bond donors (Lipinski definition) is 2. The molecular weight excluding hydrogens is 524 g/mol. The van der Waals surface area contributed by atoms with E-state index in [-0.39, 0.29) is 24.3 Å². The average molecular weight is 563 g/mol. The zero-order valence-electron chi connectivity index (χ0n) is 23.6. The zero-order chi connectivity index (χ0) is 28.8. The number of aryl methyl sites for hydroxylation is 2. The number of rotatable bonds is 5. The molecule has 0 saturated carbocycles. The smallest absolute Gasteiger partial charge is 0.323 e. The fourth-order valence-corrected chi connectivity index (χ4v) is 5.55. The number of nitrogens with zero attached hydrogens (tertiary/aromatic N) is 3. The number of carbonyl (C=O) groups is 3. The van der Waals surface area contributed by atoms with Crippen LogP contribution in [0.1, 0.15) is 53.1 Å². The molecule has 2 aromatic carbocycles. The third-order valence-electron chi connectivity index (χ3n) is 7.11. The molecule has 2 aliphatic heterocycles. The minimum absolute atomic E-state index is 0.0382. The van der Waals surface area contributed by atoms with Crippen LogP contribution in [0.3, 0.4) is 0 Å². The standard InChI is InChI=1S/C24H30N4O3S.C7H8O/c1-16(2)8-11-26-15-20-27(12-9-21(26)29)23(30)22-19(10-13-32-22)28(20)24(31)25-14-18-6-4-17(3)5-7-18;1-6-2-4-7(8)5-3-6/h4-7,10,13,16,20H,8-9,11-12,14-15H2,1-3H3,(H,25,31);2-5,8H,1H3. The number of phenols is 1. The molecule has 1 atom stereocenters. The van der Waals surface area contributed by atoms with Gasteiger partial charge < -0.3 is 20.2 Å². The van der Waals surface area contributed by atoms with Crippen LogP contribution in [0.2, 0.25) is 0 Å². The second-order valence-electron chi connectivity index (χ2n) is 10.7. The van der Waals surface area contributed by atoms with Gasteiger partial charge in [0.05, 0.1) is 12.2 Å². The van der Waals surface area contributed by atoms with Crippen molar-refractivity contribution in [2.75, 3.05) is 24.5 Å². The Hall–Kier alpha value is -3.85. The fourth-order valence-electron chi connectivity index (χ4n) is 4.71. The maximum absolute atomic E-state index is 13.4. The van der Waals surface area contributed by atoms with Gasteiger partial charge in [0.2, 0.25) is 5.91 Å². The van der Waals surface area contributed by atoms with Crippen LogP contribution in [-0.4, -0.2) is 58.6 Å².